The third-order valence-electron chi connectivity index (χ3n) is 10.8. The lowest BCUT2D eigenvalue weighted by molar-refractivity contribution is 0.131. The van der Waals surface area contributed by atoms with Gasteiger partial charge in [0.2, 0.25) is 0 Å². The Morgan fingerprint density at radius 1 is 0.500 bits per heavy atom. The number of hydrogen-bond acceptors (Lipinski definition) is 2. The van der Waals surface area contributed by atoms with Crippen LogP contribution in [0.1, 0.15) is 43.0 Å². The summed E-state index contributed by atoms with van der Waals surface area (Å²) in [5.74, 6) is 0.871. The molecule has 2 nitrogen and oxygen atoms in total. The predicted molar refractivity (Wildman–Crippen MR) is 218 cm³/mol. The summed E-state index contributed by atoms with van der Waals surface area (Å²) in [5, 5.41) is 5.60. The van der Waals surface area contributed by atoms with Gasteiger partial charge >= 0.3 is 0 Å². The Kier molecular flexibility index (Phi) is 6.75. The molecule has 1 spiro atoms. The van der Waals surface area contributed by atoms with E-state index in [2.05, 4.69) is 189 Å². The van der Waals surface area contributed by atoms with Gasteiger partial charge in [-0.15, -0.1) is 0 Å². The molecule has 8 aromatic rings. The maximum absolute atomic E-state index is 7.33. The third kappa shape index (κ3) is 4.51. The lowest BCUT2D eigenvalue weighted by Crippen LogP contribution is -2.26. The van der Waals surface area contributed by atoms with Crippen LogP contribution in [0.4, 0.5) is 17.1 Å². The van der Waals surface area contributed by atoms with Gasteiger partial charge in [0.15, 0.2) is 0 Å². The lowest BCUT2D eigenvalue weighted by atomic mass is 9.70. The van der Waals surface area contributed by atoms with Crippen LogP contribution in [0.15, 0.2) is 164 Å². The topological polar surface area (TPSA) is 12.5 Å². The summed E-state index contributed by atoms with van der Waals surface area (Å²) in [7, 11) is 0. The number of fused-ring (bicyclic) bond motifs is 13. The Morgan fingerprint density at radius 2 is 1.13 bits per heavy atom. The Balaban J connectivity index is 1.28. The first-order valence-corrected chi connectivity index (χ1v) is 18.3. The van der Waals surface area contributed by atoms with Crippen molar-refractivity contribution in [1.29, 1.82) is 0 Å². The first-order valence-electron chi connectivity index (χ1n) is 18.0. The molecule has 0 saturated carbocycles. The zero-order valence-electron chi connectivity index (χ0n) is 29.3. The molecule has 2 aliphatic carbocycles. The first-order chi connectivity index (χ1) is 25.3. The van der Waals surface area contributed by atoms with E-state index in [1.165, 1.54) is 66.1 Å². The minimum absolute atomic E-state index is 0.311. The molecular formula is C49H36ClNO. The quantitative estimate of drug-likeness (QED) is 0.171. The first kappa shape index (κ1) is 30.9. The van der Waals surface area contributed by atoms with Crippen LogP contribution >= 0.6 is 11.6 Å². The van der Waals surface area contributed by atoms with Crippen molar-refractivity contribution in [3.05, 3.63) is 191 Å². The predicted octanol–water partition coefficient (Wildman–Crippen LogP) is 13.6. The summed E-state index contributed by atoms with van der Waals surface area (Å²) in [6, 6.07) is 59.4. The van der Waals surface area contributed by atoms with Crippen LogP contribution in [0.2, 0.25) is 5.02 Å². The zero-order chi connectivity index (χ0) is 35.2. The van der Waals surface area contributed by atoms with E-state index < -0.39 is 5.41 Å². The molecule has 250 valence electrons. The average Bonchev–Trinajstić information content (AvgIpc) is 3.61. The van der Waals surface area contributed by atoms with Crippen molar-refractivity contribution < 1.29 is 4.74 Å². The molecule has 0 radical (unpaired) electrons. The second kappa shape index (κ2) is 11.3. The van der Waals surface area contributed by atoms with Crippen molar-refractivity contribution in [3.63, 3.8) is 0 Å². The van der Waals surface area contributed by atoms with Gasteiger partial charge in [-0.3, -0.25) is 0 Å². The molecule has 0 aromatic heterocycles. The number of anilines is 3. The van der Waals surface area contributed by atoms with E-state index in [-0.39, 0.29) is 5.60 Å². The second-order valence-electron chi connectivity index (χ2n) is 15.0. The molecule has 0 N–H and O–H groups in total. The van der Waals surface area contributed by atoms with Gasteiger partial charge in [0.25, 0.3) is 0 Å². The summed E-state index contributed by atoms with van der Waals surface area (Å²) in [4.78, 5) is 2.39. The van der Waals surface area contributed by atoms with Gasteiger partial charge in [-0.2, -0.15) is 0 Å². The highest BCUT2D eigenvalue weighted by atomic mass is 35.5. The fourth-order valence-corrected chi connectivity index (χ4v) is 9.13. The minimum Gasteiger partial charge on any atom is -0.488 e. The Labute approximate surface area is 309 Å². The highest BCUT2D eigenvalue weighted by molar-refractivity contribution is 6.31. The minimum atomic E-state index is -0.556. The Morgan fingerprint density at radius 3 is 1.92 bits per heavy atom. The number of hydrogen-bond donors (Lipinski definition) is 0. The third-order valence-corrected chi connectivity index (χ3v) is 11.0. The van der Waals surface area contributed by atoms with E-state index in [1.54, 1.807) is 0 Å². The Hall–Kier alpha value is -5.83. The van der Waals surface area contributed by atoms with Crippen molar-refractivity contribution in [2.45, 2.75) is 31.8 Å². The average molecular weight is 690 g/mol. The number of benzene rings is 8. The maximum atomic E-state index is 7.33. The van der Waals surface area contributed by atoms with Crippen molar-refractivity contribution in [2.24, 2.45) is 0 Å². The number of ether oxygens (including phenoxy) is 1. The van der Waals surface area contributed by atoms with Crippen molar-refractivity contribution in [2.75, 3.05) is 4.90 Å². The van der Waals surface area contributed by atoms with E-state index in [4.69, 9.17) is 16.3 Å². The molecular weight excluding hydrogens is 654 g/mol. The molecule has 3 heteroatoms. The fraction of sp³-hybridized carbons (Fsp3) is 0.102. The molecule has 10 rings (SSSR count). The van der Waals surface area contributed by atoms with Crippen LogP contribution in [0, 0.1) is 0 Å². The monoisotopic (exact) mass is 689 g/mol. The van der Waals surface area contributed by atoms with Crippen LogP contribution in [0.5, 0.6) is 5.75 Å². The molecule has 0 aliphatic heterocycles. The maximum Gasteiger partial charge on any atom is 0.120 e. The zero-order valence-corrected chi connectivity index (χ0v) is 30.1. The molecule has 52 heavy (non-hydrogen) atoms. The van der Waals surface area contributed by atoms with Gasteiger partial charge in [-0.25, -0.2) is 0 Å². The van der Waals surface area contributed by atoms with Crippen LogP contribution in [0.3, 0.4) is 0 Å². The number of nitrogens with zero attached hydrogens (tertiary/aromatic N) is 1. The summed E-state index contributed by atoms with van der Waals surface area (Å²) in [6.45, 7) is 6.29. The van der Waals surface area contributed by atoms with E-state index in [9.17, 15) is 0 Å². The molecule has 0 heterocycles. The van der Waals surface area contributed by atoms with E-state index in [1.807, 2.05) is 0 Å². The molecule has 8 aromatic carbocycles. The van der Waals surface area contributed by atoms with Crippen LogP contribution in [0.25, 0.3) is 43.8 Å². The lowest BCUT2D eigenvalue weighted by Gasteiger charge is -2.32. The SMILES string of the molecule is CC(C)(C)Oc1ccc2c(c1)-c1ccccc1C21c2ccccc2-c2c(N(c3ccccc3)c3ccc4ccc5ccccc5c4c3)cc(Cl)cc21. The van der Waals surface area contributed by atoms with E-state index in [0.717, 1.165) is 22.8 Å². The van der Waals surface area contributed by atoms with Gasteiger partial charge in [0.05, 0.1) is 11.1 Å². The Bertz CT molecular complexity index is 2730. The summed E-state index contributed by atoms with van der Waals surface area (Å²) in [6.07, 6.45) is 0. The molecule has 0 bridgehead atoms. The summed E-state index contributed by atoms with van der Waals surface area (Å²) < 4.78 is 6.43. The van der Waals surface area contributed by atoms with Crippen molar-refractivity contribution in [3.8, 4) is 28.0 Å². The standard InChI is InChI=1S/C49H36ClNO/c1-48(2,3)52-36-25-26-44-41(30-36)38-17-9-11-19-42(38)49(44)43-20-12-10-18-39(43)47-45(49)27-33(50)28-46(47)51(34-14-5-4-6-15-34)35-24-23-32-22-21-31-13-7-8-16-37(31)40(32)29-35/h4-30H,1-3H3. The van der Waals surface area contributed by atoms with Gasteiger partial charge in [-0.1, -0.05) is 127 Å². The smallest absolute Gasteiger partial charge is 0.120 e. The van der Waals surface area contributed by atoms with Crippen LogP contribution in [-0.4, -0.2) is 5.60 Å². The second-order valence-corrected chi connectivity index (χ2v) is 15.4. The van der Waals surface area contributed by atoms with Crippen LogP contribution < -0.4 is 9.64 Å². The molecule has 2 aliphatic rings. The highest BCUT2D eigenvalue weighted by Crippen LogP contribution is 2.65. The van der Waals surface area contributed by atoms with Gasteiger partial charge in [0.1, 0.15) is 11.4 Å². The van der Waals surface area contributed by atoms with Crippen LogP contribution in [-0.2, 0) is 5.41 Å². The van der Waals surface area contributed by atoms with E-state index in [0.29, 0.717) is 5.02 Å². The van der Waals surface area contributed by atoms with Crippen molar-refractivity contribution >= 4 is 50.2 Å². The van der Waals surface area contributed by atoms with Gasteiger partial charge in [-0.05, 0) is 130 Å². The van der Waals surface area contributed by atoms with Crippen molar-refractivity contribution in [1.82, 2.24) is 0 Å². The largest absolute Gasteiger partial charge is 0.488 e. The summed E-state index contributed by atoms with van der Waals surface area (Å²) in [5.41, 5.74) is 12.1. The highest BCUT2D eigenvalue weighted by Gasteiger charge is 2.52. The van der Waals surface area contributed by atoms with Gasteiger partial charge in [0, 0.05) is 22.0 Å². The molecule has 0 saturated heterocycles. The molecule has 1 atom stereocenters. The summed E-state index contributed by atoms with van der Waals surface area (Å²) >= 11 is 7.33. The van der Waals surface area contributed by atoms with Gasteiger partial charge < -0.3 is 9.64 Å². The molecule has 1 unspecified atom stereocenters. The molecule has 0 fully saturated rings. The fourth-order valence-electron chi connectivity index (χ4n) is 8.91. The normalized spacial score (nSPS) is 15.4. The number of halogens is 1. The number of para-hydroxylation sites is 1. The molecule has 0 amide bonds. The van der Waals surface area contributed by atoms with E-state index >= 15 is 0 Å². The number of rotatable bonds is 4.